The Hall–Kier alpha value is -0.160. The minimum atomic E-state index is -1.16. The first-order valence-electron chi connectivity index (χ1n) is 2.45. The minimum Gasteiger partial charge on any atom is -0.396 e. The van der Waals surface area contributed by atoms with Gasteiger partial charge in [-0.3, -0.25) is 10.1 Å². The molecule has 0 aromatic carbocycles. The fraction of sp³-hybridized carbons (Fsp3) is 1.00. The van der Waals surface area contributed by atoms with Crippen molar-refractivity contribution in [1.29, 1.82) is 0 Å². The molecule has 0 spiro atoms. The number of nitrogens with zero attached hydrogens (tertiary/aromatic N) is 1. The maximum atomic E-state index is 10.1. The van der Waals surface area contributed by atoms with Gasteiger partial charge < -0.3 is 5.11 Å². The summed E-state index contributed by atoms with van der Waals surface area (Å²) in [4.78, 5) is 9.59. The predicted molar refractivity (Wildman–Crippen MR) is 36.0 cm³/mol. The van der Waals surface area contributed by atoms with E-state index in [0.717, 1.165) is 0 Å². The average Bonchev–Trinajstić information content (AvgIpc) is 1.65. The Bertz CT molecular complexity index is 114. The summed E-state index contributed by atoms with van der Waals surface area (Å²) in [5.41, 5.74) is 0. The first kappa shape index (κ1) is 8.84. The Labute approximate surface area is 61.1 Å². The summed E-state index contributed by atoms with van der Waals surface area (Å²) in [6.45, 7) is 1.23. The number of hydrogen-bond acceptors (Lipinski definition) is 3. The van der Waals surface area contributed by atoms with Gasteiger partial charge in [0.15, 0.2) is 0 Å². The molecule has 4 nitrogen and oxygen atoms in total. The molecule has 0 aliphatic rings. The standard InChI is InChI=1S/C4H8BrNO3/c1-4(5,2-3-7)6(8)9/h7H,2-3H2,1H3. The van der Waals surface area contributed by atoms with Crippen LogP contribution in [0.4, 0.5) is 0 Å². The van der Waals surface area contributed by atoms with Crippen LogP contribution >= 0.6 is 15.9 Å². The number of hydrogen-bond donors (Lipinski definition) is 1. The van der Waals surface area contributed by atoms with Crippen LogP contribution in [-0.4, -0.2) is 21.1 Å². The Morgan fingerprint density at radius 3 is 2.44 bits per heavy atom. The molecule has 5 heteroatoms. The summed E-state index contributed by atoms with van der Waals surface area (Å²) in [5.74, 6) is 0. The van der Waals surface area contributed by atoms with Crippen molar-refractivity contribution in [3.63, 3.8) is 0 Å². The molecule has 0 amide bonds. The monoisotopic (exact) mass is 197 g/mol. The van der Waals surface area contributed by atoms with Gasteiger partial charge in [0, 0.05) is 11.8 Å². The summed E-state index contributed by atoms with van der Waals surface area (Å²) >= 11 is 2.85. The van der Waals surface area contributed by atoms with Gasteiger partial charge in [-0.1, -0.05) is 0 Å². The highest BCUT2D eigenvalue weighted by molar-refractivity contribution is 9.10. The normalized spacial score (nSPS) is 16.8. The fourth-order valence-corrected chi connectivity index (χ4v) is 0.473. The minimum absolute atomic E-state index is 0.125. The van der Waals surface area contributed by atoms with Crippen molar-refractivity contribution in [2.24, 2.45) is 0 Å². The van der Waals surface area contributed by atoms with Crippen LogP contribution in [0.3, 0.4) is 0 Å². The Morgan fingerprint density at radius 2 is 2.33 bits per heavy atom. The zero-order valence-electron chi connectivity index (χ0n) is 5.00. The van der Waals surface area contributed by atoms with Crippen molar-refractivity contribution in [3.05, 3.63) is 10.1 Å². The van der Waals surface area contributed by atoms with Gasteiger partial charge in [-0.2, -0.15) is 0 Å². The van der Waals surface area contributed by atoms with E-state index in [1.54, 1.807) is 0 Å². The van der Waals surface area contributed by atoms with Crippen LogP contribution in [0.2, 0.25) is 0 Å². The Morgan fingerprint density at radius 1 is 1.89 bits per heavy atom. The second-order valence-electron chi connectivity index (χ2n) is 1.87. The molecule has 0 aromatic heterocycles. The first-order chi connectivity index (χ1) is 4.00. The summed E-state index contributed by atoms with van der Waals surface area (Å²) in [5, 5.41) is 18.4. The summed E-state index contributed by atoms with van der Waals surface area (Å²) in [6.07, 6.45) is 0.125. The second kappa shape index (κ2) is 3.12. The van der Waals surface area contributed by atoms with Gasteiger partial charge in [-0.15, -0.1) is 0 Å². The summed E-state index contributed by atoms with van der Waals surface area (Å²) in [7, 11) is 0. The van der Waals surface area contributed by atoms with E-state index in [0.29, 0.717) is 0 Å². The SMILES string of the molecule is CC(Br)(CCO)[N+](=O)[O-]. The van der Waals surface area contributed by atoms with Crippen LogP contribution in [-0.2, 0) is 0 Å². The smallest absolute Gasteiger partial charge is 0.274 e. The van der Waals surface area contributed by atoms with E-state index < -0.39 is 9.37 Å². The lowest BCUT2D eigenvalue weighted by molar-refractivity contribution is -0.532. The van der Waals surface area contributed by atoms with Crippen molar-refractivity contribution in [1.82, 2.24) is 0 Å². The van der Waals surface area contributed by atoms with Gasteiger partial charge in [0.05, 0.1) is 13.0 Å². The maximum absolute atomic E-state index is 10.1. The molecule has 0 saturated carbocycles. The number of halogens is 1. The van der Waals surface area contributed by atoms with Crippen LogP contribution in [0.15, 0.2) is 0 Å². The van der Waals surface area contributed by atoms with Crippen LogP contribution < -0.4 is 0 Å². The van der Waals surface area contributed by atoms with E-state index in [1.165, 1.54) is 6.92 Å². The van der Waals surface area contributed by atoms with Gasteiger partial charge in [0.2, 0.25) is 0 Å². The van der Waals surface area contributed by atoms with Crippen LogP contribution in [0.1, 0.15) is 13.3 Å². The van der Waals surface area contributed by atoms with Gasteiger partial charge in [-0.25, -0.2) is 0 Å². The zero-order valence-corrected chi connectivity index (χ0v) is 6.59. The maximum Gasteiger partial charge on any atom is 0.274 e. The van der Waals surface area contributed by atoms with Crippen LogP contribution in [0.5, 0.6) is 0 Å². The molecular formula is C4H8BrNO3. The molecule has 0 rings (SSSR count). The molecule has 0 aromatic rings. The van der Waals surface area contributed by atoms with Gasteiger partial charge in [0.1, 0.15) is 0 Å². The van der Waals surface area contributed by atoms with Crippen molar-refractivity contribution in [3.8, 4) is 0 Å². The first-order valence-corrected chi connectivity index (χ1v) is 3.24. The fourth-order valence-electron chi connectivity index (χ4n) is 0.295. The number of alkyl halides is 1. The highest BCUT2D eigenvalue weighted by Gasteiger charge is 2.31. The Kier molecular flexibility index (Phi) is 3.07. The molecule has 54 valence electrons. The molecule has 0 radical (unpaired) electrons. The van der Waals surface area contributed by atoms with E-state index in [9.17, 15) is 10.1 Å². The van der Waals surface area contributed by atoms with Crippen LogP contribution in [0.25, 0.3) is 0 Å². The van der Waals surface area contributed by atoms with E-state index in [4.69, 9.17) is 5.11 Å². The third-order valence-corrected chi connectivity index (χ3v) is 1.63. The molecule has 0 saturated heterocycles. The van der Waals surface area contributed by atoms with Crippen molar-refractivity contribution < 1.29 is 10.0 Å². The second-order valence-corrected chi connectivity index (χ2v) is 3.58. The molecule has 1 unspecified atom stereocenters. The third kappa shape index (κ3) is 2.76. The molecule has 0 heterocycles. The third-order valence-electron chi connectivity index (χ3n) is 0.949. The number of nitro groups is 1. The van der Waals surface area contributed by atoms with E-state index in [1.807, 2.05) is 0 Å². The molecular weight excluding hydrogens is 190 g/mol. The molecule has 9 heavy (non-hydrogen) atoms. The number of aliphatic hydroxyl groups is 1. The summed E-state index contributed by atoms with van der Waals surface area (Å²) in [6, 6.07) is 0. The lowest BCUT2D eigenvalue weighted by Gasteiger charge is -2.10. The molecule has 0 fully saturated rings. The van der Waals surface area contributed by atoms with E-state index in [-0.39, 0.29) is 13.0 Å². The van der Waals surface area contributed by atoms with E-state index in [2.05, 4.69) is 15.9 Å². The molecule has 0 bridgehead atoms. The topological polar surface area (TPSA) is 63.4 Å². The number of aliphatic hydroxyl groups excluding tert-OH is 1. The predicted octanol–water partition coefficient (Wildman–Crippen LogP) is 0.757. The highest BCUT2D eigenvalue weighted by atomic mass is 79.9. The molecule has 0 aliphatic heterocycles. The van der Waals surface area contributed by atoms with Gasteiger partial charge in [-0.05, 0) is 15.9 Å². The van der Waals surface area contributed by atoms with E-state index >= 15 is 0 Å². The van der Waals surface area contributed by atoms with Gasteiger partial charge in [0.25, 0.3) is 4.45 Å². The summed E-state index contributed by atoms with van der Waals surface area (Å²) < 4.78 is -1.16. The average molecular weight is 198 g/mol. The molecule has 0 aliphatic carbocycles. The van der Waals surface area contributed by atoms with Crippen molar-refractivity contribution in [2.45, 2.75) is 17.8 Å². The van der Waals surface area contributed by atoms with Crippen molar-refractivity contribution in [2.75, 3.05) is 6.61 Å². The lowest BCUT2D eigenvalue weighted by atomic mass is 10.3. The van der Waals surface area contributed by atoms with Crippen LogP contribution in [0, 0.1) is 10.1 Å². The highest BCUT2D eigenvalue weighted by Crippen LogP contribution is 2.20. The lowest BCUT2D eigenvalue weighted by Crippen LogP contribution is -2.27. The largest absolute Gasteiger partial charge is 0.396 e. The number of rotatable bonds is 3. The molecule has 1 atom stereocenters. The van der Waals surface area contributed by atoms with Gasteiger partial charge >= 0.3 is 0 Å². The molecule has 1 N–H and O–H groups in total. The quantitative estimate of drug-likeness (QED) is 0.315. The Balaban J connectivity index is 3.85. The zero-order chi connectivity index (χ0) is 7.49. The van der Waals surface area contributed by atoms with Crippen molar-refractivity contribution >= 4 is 15.9 Å².